The summed E-state index contributed by atoms with van der Waals surface area (Å²) in [6.07, 6.45) is 0. The second kappa shape index (κ2) is 3.90. The van der Waals surface area contributed by atoms with Crippen molar-refractivity contribution in [2.45, 2.75) is 13.2 Å². The summed E-state index contributed by atoms with van der Waals surface area (Å²) in [6, 6.07) is 2.57. The minimum atomic E-state index is -0.834. The van der Waals surface area contributed by atoms with E-state index in [1.54, 1.807) is 0 Å². The molecule has 0 saturated carbocycles. The van der Waals surface area contributed by atoms with Crippen molar-refractivity contribution >= 4 is 33.6 Å². The summed E-state index contributed by atoms with van der Waals surface area (Å²) >= 11 is 5.34. The van der Waals surface area contributed by atoms with E-state index in [1.807, 2.05) is 0 Å². The molecule has 2 aromatic rings. The first-order valence-electron chi connectivity index (χ1n) is 5.26. The fourth-order valence-electron chi connectivity index (χ4n) is 2.14. The third-order valence-corrected chi connectivity index (χ3v) is 3.23. The molecule has 1 aliphatic rings. The molecular weight excluding hydrogens is 259 g/mol. The zero-order valence-electron chi connectivity index (χ0n) is 9.17. The van der Waals surface area contributed by atoms with Crippen molar-refractivity contribution in [3.05, 3.63) is 34.6 Å². The van der Waals surface area contributed by atoms with E-state index in [2.05, 4.69) is 4.98 Å². The van der Waals surface area contributed by atoms with Gasteiger partial charge in [-0.05, 0) is 23.2 Å². The average molecular weight is 267 g/mol. The molecule has 1 aliphatic heterocycles. The largest absolute Gasteiger partial charge is 0.383 e. The van der Waals surface area contributed by atoms with Crippen LogP contribution in [0.25, 0.3) is 10.9 Å². The normalized spacial score (nSPS) is 13.9. The lowest BCUT2D eigenvalue weighted by Gasteiger charge is -2.08. The van der Waals surface area contributed by atoms with E-state index in [9.17, 15) is 9.18 Å². The summed E-state index contributed by atoms with van der Waals surface area (Å²) in [5.74, 6) is -0.368. The summed E-state index contributed by atoms with van der Waals surface area (Å²) in [5.41, 5.74) is 7.65. The summed E-state index contributed by atoms with van der Waals surface area (Å²) in [7, 11) is 0. The molecule has 0 spiro atoms. The summed E-state index contributed by atoms with van der Waals surface area (Å²) in [6.45, 7) is 0.756. The number of benzene rings is 1. The second-order valence-electron chi connectivity index (χ2n) is 4.07. The first kappa shape index (κ1) is 11.4. The van der Waals surface area contributed by atoms with Crippen LogP contribution < -0.4 is 5.73 Å². The maximum absolute atomic E-state index is 13.6. The van der Waals surface area contributed by atoms with Crippen LogP contribution in [0.5, 0.6) is 0 Å². The fraction of sp³-hybridized carbons (Fsp3) is 0.167. The van der Waals surface area contributed by atoms with E-state index in [-0.39, 0.29) is 5.56 Å². The molecule has 0 fully saturated rings. The highest BCUT2D eigenvalue weighted by molar-refractivity contribution is 6.67. The van der Waals surface area contributed by atoms with Crippen LogP contribution in [0.4, 0.5) is 10.2 Å². The Morgan fingerprint density at radius 3 is 2.83 bits per heavy atom. The van der Waals surface area contributed by atoms with Crippen molar-refractivity contribution in [1.82, 2.24) is 4.98 Å². The average Bonchev–Trinajstić information content (AvgIpc) is 2.77. The Balaban J connectivity index is 2.40. The van der Waals surface area contributed by atoms with Crippen molar-refractivity contribution in [2.75, 3.05) is 5.73 Å². The van der Waals surface area contributed by atoms with Gasteiger partial charge in [0.1, 0.15) is 11.6 Å². The molecule has 4 nitrogen and oxygen atoms in total. The molecular formula is C12H8ClFN2O2. The lowest BCUT2D eigenvalue weighted by atomic mass is 10.0. The molecule has 18 heavy (non-hydrogen) atoms. The zero-order valence-corrected chi connectivity index (χ0v) is 9.92. The van der Waals surface area contributed by atoms with Crippen LogP contribution in [0, 0.1) is 5.82 Å². The Labute approximate surface area is 107 Å². The third kappa shape index (κ3) is 1.55. The second-order valence-corrected chi connectivity index (χ2v) is 4.41. The predicted octanol–water partition coefficient (Wildman–Crippen LogP) is 2.37. The molecule has 0 radical (unpaired) electrons. The van der Waals surface area contributed by atoms with Crippen molar-refractivity contribution in [1.29, 1.82) is 0 Å². The van der Waals surface area contributed by atoms with Crippen LogP contribution in [-0.4, -0.2) is 10.2 Å². The van der Waals surface area contributed by atoms with E-state index in [0.717, 1.165) is 11.1 Å². The van der Waals surface area contributed by atoms with Crippen molar-refractivity contribution in [3.63, 3.8) is 0 Å². The molecule has 0 saturated heterocycles. The summed E-state index contributed by atoms with van der Waals surface area (Å²) in [5, 5.41) is -0.180. The minimum Gasteiger partial charge on any atom is -0.383 e. The Morgan fingerprint density at radius 2 is 2.11 bits per heavy atom. The van der Waals surface area contributed by atoms with Gasteiger partial charge in [-0.1, -0.05) is 0 Å². The topological polar surface area (TPSA) is 65.2 Å². The van der Waals surface area contributed by atoms with Crippen LogP contribution >= 0.6 is 11.6 Å². The highest BCUT2D eigenvalue weighted by atomic mass is 35.5. The van der Waals surface area contributed by atoms with Gasteiger partial charge in [-0.3, -0.25) is 4.79 Å². The van der Waals surface area contributed by atoms with Crippen molar-refractivity contribution in [2.24, 2.45) is 0 Å². The first-order valence-corrected chi connectivity index (χ1v) is 5.64. The number of carbonyl (C=O) groups excluding carboxylic acids is 1. The minimum absolute atomic E-state index is 0.162. The summed E-state index contributed by atoms with van der Waals surface area (Å²) < 4.78 is 18.9. The monoisotopic (exact) mass is 266 g/mol. The van der Waals surface area contributed by atoms with E-state index < -0.39 is 11.1 Å². The number of hydrogen-bond donors (Lipinski definition) is 1. The lowest BCUT2D eigenvalue weighted by molar-refractivity contribution is 0.107. The van der Waals surface area contributed by atoms with Gasteiger partial charge in [-0.25, -0.2) is 9.37 Å². The van der Waals surface area contributed by atoms with E-state index in [1.165, 1.54) is 12.1 Å². The van der Waals surface area contributed by atoms with Gasteiger partial charge in [0.15, 0.2) is 0 Å². The van der Waals surface area contributed by atoms with Gasteiger partial charge in [0.05, 0.1) is 24.3 Å². The molecule has 92 valence electrons. The molecule has 3 rings (SSSR count). The molecule has 2 heterocycles. The standard InChI is InChI=1S/C12H8ClFN2O2/c13-11(17)6-1-5-7-3-18-4-8(7)12(15)16-10(5)2-9(6)14/h1-2H,3-4H2,(H2,15,16). The van der Waals surface area contributed by atoms with Gasteiger partial charge in [0.25, 0.3) is 5.24 Å². The van der Waals surface area contributed by atoms with Crippen LogP contribution in [0.2, 0.25) is 0 Å². The molecule has 0 unspecified atom stereocenters. The number of nitrogen functional groups attached to an aromatic ring is 1. The number of carbonyl (C=O) groups is 1. The van der Waals surface area contributed by atoms with Crippen LogP contribution in [0.3, 0.4) is 0 Å². The molecule has 0 bridgehead atoms. The Kier molecular flexibility index (Phi) is 2.46. The molecule has 0 atom stereocenters. The van der Waals surface area contributed by atoms with Crippen LogP contribution in [0.15, 0.2) is 12.1 Å². The maximum Gasteiger partial charge on any atom is 0.255 e. The first-order chi connectivity index (χ1) is 8.58. The highest BCUT2D eigenvalue weighted by Gasteiger charge is 2.21. The van der Waals surface area contributed by atoms with Gasteiger partial charge in [-0.2, -0.15) is 0 Å². The van der Waals surface area contributed by atoms with Gasteiger partial charge in [0.2, 0.25) is 0 Å². The molecule has 1 aromatic carbocycles. The number of ether oxygens (including phenoxy) is 1. The lowest BCUT2D eigenvalue weighted by Crippen LogP contribution is -2.01. The molecule has 0 amide bonds. The Bertz CT molecular complexity index is 688. The van der Waals surface area contributed by atoms with Crippen molar-refractivity contribution < 1.29 is 13.9 Å². The maximum atomic E-state index is 13.6. The number of nitrogens with zero attached hydrogens (tertiary/aromatic N) is 1. The number of rotatable bonds is 1. The third-order valence-electron chi connectivity index (χ3n) is 3.03. The SMILES string of the molecule is Nc1nc2cc(F)c(C(=O)Cl)cc2c2c1COC2. The molecule has 2 N–H and O–H groups in total. The fourth-order valence-corrected chi connectivity index (χ4v) is 2.29. The van der Waals surface area contributed by atoms with E-state index in [4.69, 9.17) is 22.1 Å². The Hall–Kier alpha value is -1.72. The number of anilines is 1. The molecule has 1 aromatic heterocycles. The number of halogens is 2. The smallest absolute Gasteiger partial charge is 0.255 e. The predicted molar refractivity (Wildman–Crippen MR) is 64.8 cm³/mol. The van der Waals surface area contributed by atoms with Gasteiger partial charge in [-0.15, -0.1) is 0 Å². The number of pyridine rings is 1. The number of hydrogen-bond acceptors (Lipinski definition) is 4. The van der Waals surface area contributed by atoms with Crippen LogP contribution in [0.1, 0.15) is 21.5 Å². The number of fused-ring (bicyclic) bond motifs is 3. The summed E-state index contributed by atoms with van der Waals surface area (Å²) in [4.78, 5) is 15.2. The van der Waals surface area contributed by atoms with Gasteiger partial charge >= 0.3 is 0 Å². The number of aromatic nitrogens is 1. The molecule has 6 heteroatoms. The van der Waals surface area contributed by atoms with Crippen LogP contribution in [-0.2, 0) is 18.0 Å². The molecule has 0 aliphatic carbocycles. The van der Waals surface area contributed by atoms with Crippen molar-refractivity contribution in [3.8, 4) is 0 Å². The van der Waals surface area contributed by atoms with Gasteiger partial charge in [0, 0.05) is 17.0 Å². The van der Waals surface area contributed by atoms with Gasteiger partial charge < -0.3 is 10.5 Å². The highest BCUT2D eigenvalue weighted by Crippen LogP contribution is 2.32. The number of nitrogens with two attached hydrogens (primary N) is 1. The zero-order chi connectivity index (χ0) is 12.9. The van der Waals surface area contributed by atoms with E-state index >= 15 is 0 Å². The van der Waals surface area contributed by atoms with E-state index in [0.29, 0.717) is 29.9 Å². The Morgan fingerprint density at radius 1 is 1.39 bits per heavy atom. The quantitative estimate of drug-likeness (QED) is 0.805.